The van der Waals surface area contributed by atoms with E-state index in [1.54, 1.807) is 0 Å². The van der Waals surface area contributed by atoms with E-state index in [0.29, 0.717) is 0 Å². The van der Waals surface area contributed by atoms with Gasteiger partial charge in [-0.1, -0.05) is 105 Å². The van der Waals surface area contributed by atoms with Crippen LogP contribution in [0.4, 0.5) is 0 Å². The van der Waals surface area contributed by atoms with Crippen LogP contribution in [0.25, 0.3) is 66.7 Å². The third-order valence-corrected chi connectivity index (χ3v) is 9.04. The zero-order valence-electron chi connectivity index (χ0n) is 29.8. The fraction of sp³-hybridized carbons (Fsp3) is 0.104. The predicted molar refractivity (Wildman–Crippen MR) is 212 cm³/mol. The molecule has 0 saturated heterocycles. The molecule has 0 unspecified atom stereocenters. The third-order valence-electron chi connectivity index (χ3n) is 9.04. The van der Waals surface area contributed by atoms with E-state index in [0.717, 1.165) is 39.0 Å². The summed E-state index contributed by atoms with van der Waals surface area (Å²) in [5.74, 6) is 0. The molecule has 0 aliphatic carbocycles. The molecule has 0 N–H and O–H groups in total. The van der Waals surface area contributed by atoms with Crippen molar-refractivity contribution in [3.05, 3.63) is 188 Å². The molecule has 52 heavy (non-hydrogen) atoms. The number of aromatic nitrogens is 3. The summed E-state index contributed by atoms with van der Waals surface area (Å²) in [6, 6.07) is 54.9. The summed E-state index contributed by atoms with van der Waals surface area (Å²) >= 11 is 0. The van der Waals surface area contributed by atoms with Crippen LogP contribution in [0.15, 0.2) is 164 Å². The molecule has 257 valence electrons. The van der Waals surface area contributed by atoms with Crippen LogP contribution in [-0.4, -0.2) is 15.0 Å². The molecule has 1 radical (unpaired) electrons. The van der Waals surface area contributed by atoms with Gasteiger partial charge >= 0.3 is 0 Å². The molecule has 4 heteroatoms. The molecule has 0 bridgehead atoms. The molecule has 0 fully saturated rings. The molecule has 0 amide bonds. The van der Waals surface area contributed by atoms with Crippen molar-refractivity contribution in [2.75, 3.05) is 0 Å². The van der Waals surface area contributed by atoms with Crippen LogP contribution in [0.2, 0.25) is 0 Å². The topological polar surface area (TPSA) is 38.7 Å². The minimum absolute atomic E-state index is 0. The quantitative estimate of drug-likeness (QED) is 0.162. The van der Waals surface area contributed by atoms with E-state index in [1.165, 1.54) is 38.8 Å². The van der Waals surface area contributed by atoms with Crippen molar-refractivity contribution in [3.8, 4) is 55.9 Å². The van der Waals surface area contributed by atoms with Gasteiger partial charge in [-0.25, -0.2) is 0 Å². The van der Waals surface area contributed by atoms with Crippen molar-refractivity contribution in [1.29, 1.82) is 0 Å². The molecule has 0 aliphatic rings. The van der Waals surface area contributed by atoms with Gasteiger partial charge in [0.25, 0.3) is 0 Å². The van der Waals surface area contributed by atoms with E-state index in [2.05, 4.69) is 158 Å². The summed E-state index contributed by atoms with van der Waals surface area (Å²) in [4.78, 5) is 13.5. The third kappa shape index (κ3) is 8.16. The van der Waals surface area contributed by atoms with Gasteiger partial charge in [0.05, 0.1) is 0 Å². The zero-order chi connectivity index (χ0) is 35.2. The largest absolute Gasteiger partial charge is 0.305 e. The fourth-order valence-electron chi connectivity index (χ4n) is 6.33. The smallest absolute Gasteiger partial charge is 0.0352 e. The summed E-state index contributed by atoms with van der Waals surface area (Å²) < 4.78 is 0. The van der Waals surface area contributed by atoms with E-state index in [9.17, 15) is 0 Å². The molecular formula is C48H39IrN3-2. The summed E-state index contributed by atoms with van der Waals surface area (Å²) in [6.07, 6.45) is 7.58. The Morgan fingerprint density at radius 1 is 0.500 bits per heavy atom. The van der Waals surface area contributed by atoms with Crippen molar-refractivity contribution in [3.63, 3.8) is 0 Å². The van der Waals surface area contributed by atoms with E-state index in [-0.39, 0.29) is 25.5 Å². The van der Waals surface area contributed by atoms with Gasteiger partial charge in [0.1, 0.15) is 0 Å². The number of fused-ring (bicyclic) bond motifs is 1. The minimum Gasteiger partial charge on any atom is -0.305 e. The van der Waals surface area contributed by atoms with Crippen LogP contribution in [0.5, 0.6) is 0 Å². The molecular weight excluding hydrogens is 811 g/mol. The van der Waals surface area contributed by atoms with Crippen molar-refractivity contribution in [1.82, 2.24) is 15.0 Å². The molecule has 8 aromatic rings. The Balaban J connectivity index is 0.000000279. The van der Waals surface area contributed by atoms with Crippen LogP contribution in [0, 0.1) is 19.1 Å². The average molecular weight is 850 g/mol. The average Bonchev–Trinajstić information content (AvgIpc) is 3.18. The van der Waals surface area contributed by atoms with Crippen molar-refractivity contribution in [2.45, 2.75) is 33.1 Å². The van der Waals surface area contributed by atoms with Crippen LogP contribution in [0.3, 0.4) is 0 Å². The van der Waals surface area contributed by atoms with E-state index >= 15 is 0 Å². The fourth-order valence-corrected chi connectivity index (χ4v) is 6.33. The molecule has 3 aromatic heterocycles. The maximum absolute atomic E-state index is 4.67. The zero-order valence-corrected chi connectivity index (χ0v) is 32.2. The second-order valence-electron chi connectivity index (χ2n) is 13.7. The van der Waals surface area contributed by atoms with E-state index < -0.39 is 0 Å². The van der Waals surface area contributed by atoms with Gasteiger partial charge in [0.2, 0.25) is 0 Å². The molecule has 5 aromatic carbocycles. The summed E-state index contributed by atoms with van der Waals surface area (Å²) in [5.41, 5.74) is 13.6. The molecule has 3 heterocycles. The van der Waals surface area contributed by atoms with Gasteiger partial charge in [-0.2, -0.15) is 0 Å². The normalized spacial score (nSPS) is 10.9. The maximum Gasteiger partial charge on any atom is 0.0352 e. The van der Waals surface area contributed by atoms with Gasteiger partial charge in [-0.05, 0) is 80.7 Å². The monoisotopic (exact) mass is 850 g/mol. The first-order chi connectivity index (χ1) is 24.8. The predicted octanol–water partition coefficient (Wildman–Crippen LogP) is 12.3. The molecule has 8 rings (SSSR count). The van der Waals surface area contributed by atoms with Gasteiger partial charge in [-0.15, -0.1) is 71.3 Å². The number of hydrogen-bond donors (Lipinski definition) is 0. The Morgan fingerprint density at radius 2 is 1.19 bits per heavy atom. The second-order valence-corrected chi connectivity index (χ2v) is 13.7. The van der Waals surface area contributed by atoms with Crippen molar-refractivity contribution in [2.24, 2.45) is 0 Å². The van der Waals surface area contributed by atoms with E-state index in [4.69, 9.17) is 0 Å². The SMILES string of the molecule is CC(C)(C)c1ccnc(-c2[c-]ccc(-c3ccc(-c4ccccc4-c4ccccc4)c4ccncc34)c2)c1.Cc1ccnc(-c2[c-]cccc2)c1.[Ir]. The number of hydrogen-bond acceptors (Lipinski definition) is 3. The summed E-state index contributed by atoms with van der Waals surface area (Å²) in [5, 5.41) is 2.31. The second kappa shape index (κ2) is 16.2. The Hall–Kier alpha value is -5.54. The van der Waals surface area contributed by atoms with Gasteiger partial charge in [0.15, 0.2) is 0 Å². The maximum atomic E-state index is 4.67. The Morgan fingerprint density at radius 3 is 1.94 bits per heavy atom. The molecule has 0 saturated carbocycles. The van der Waals surface area contributed by atoms with Crippen LogP contribution in [0.1, 0.15) is 31.9 Å². The van der Waals surface area contributed by atoms with Gasteiger partial charge in [0, 0.05) is 50.3 Å². The minimum atomic E-state index is 0. The number of pyridine rings is 3. The molecule has 0 aliphatic heterocycles. The molecule has 0 spiro atoms. The Bertz CT molecular complexity index is 2410. The first-order valence-corrected chi connectivity index (χ1v) is 17.3. The number of rotatable bonds is 5. The van der Waals surface area contributed by atoms with Crippen LogP contribution in [-0.2, 0) is 25.5 Å². The number of nitrogens with zero attached hydrogens (tertiary/aromatic N) is 3. The molecule has 0 atom stereocenters. The first kappa shape index (κ1) is 36.3. The van der Waals surface area contributed by atoms with Crippen molar-refractivity contribution < 1.29 is 20.1 Å². The van der Waals surface area contributed by atoms with E-state index in [1.807, 2.05) is 61.2 Å². The summed E-state index contributed by atoms with van der Waals surface area (Å²) in [6.45, 7) is 8.74. The number of benzene rings is 5. The Labute approximate surface area is 320 Å². The van der Waals surface area contributed by atoms with Crippen molar-refractivity contribution >= 4 is 10.8 Å². The van der Waals surface area contributed by atoms with Crippen LogP contribution < -0.4 is 0 Å². The Kier molecular flexibility index (Phi) is 11.3. The van der Waals surface area contributed by atoms with Gasteiger partial charge < -0.3 is 9.97 Å². The summed E-state index contributed by atoms with van der Waals surface area (Å²) in [7, 11) is 0. The molecule has 3 nitrogen and oxygen atoms in total. The standard InChI is InChI=1S/C36H29N2.C12H10N.Ir/c1-36(2,3)28-18-21-38-35(23-28)27-13-9-12-26(22-27)30-16-17-32(33-19-20-37-24-34(30)33)31-15-8-7-14-29(31)25-10-5-4-6-11-25;1-10-7-8-13-12(9-10)11-5-3-2-4-6-11;/h4-12,14-24H,1-3H3;2-5,7-9H,1H3;/q2*-1;. The number of aryl methyl sites for hydroxylation is 1. The first-order valence-electron chi connectivity index (χ1n) is 17.3. The van der Waals surface area contributed by atoms with Gasteiger partial charge in [-0.3, -0.25) is 4.98 Å². The van der Waals surface area contributed by atoms with Crippen LogP contribution >= 0.6 is 0 Å².